The molecular weight excluding hydrogens is 188 g/mol. The molecule has 78 valence electrons. The number of anilines is 2. The molecule has 2 aliphatic rings. The molecular formula is C12H14N2O. The summed E-state index contributed by atoms with van der Waals surface area (Å²) < 4.78 is 5.59. The quantitative estimate of drug-likeness (QED) is 0.734. The lowest BCUT2D eigenvalue weighted by Crippen LogP contribution is -2.38. The summed E-state index contributed by atoms with van der Waals surface area (Å²) >= 11 is 0. The first-order chi connectivity index (χ1) is 7.43. The summed E-state index contributed by atoms with van der Waals surface area (Å²) in [6, 6.07) is 8.25. The molecule has 15 heavy (non-hydrogen) atoms. The van der Waals surface area contributed by atoms with Crippen molar-refractivity contribution in [3.05, 3.63) is 36.6 Å². The Morgan fingerprint density at radius 1 is 1.13 bits per heavy atom. The maximum Gasteiger partial charge on any atom is 0.136 e. The maximum absolute atomic E-state index is 5.59. The van der Waals surface area contributed by atoms with Gasteiger partial charge in [-0.25, -0.2) is 0 Å². The predicted molar refractivity (Wildman–Crippen MR) is 60.7 cm³/mol. The van der Waals surface area contributed by atoms with Crippen molar-refractivity contribution in [3.8, 4) is 0 Å². The highest BCUT2D eigenvalue weighted by Gasteiger charge is 2.28. The third-order valence-corrected chi connectivity index (χ3v) is 2.89. The number of allylic oxidation sites excluding steroid dienone is 1. The van der Waals surface area contributed by atoms with E-state index in [-0.39, 0.29) is 12.3 Å². The van der Waals surface area contributed by atoms with Gasteiger partial charge in [0.15, 0.2) is 0 Å². The molecule has 2 N–H and O–H groups in total. The Bertz CT molecular complexity index is 364. The van der Waals surface area contributed by atoms with Crippen molar-refractivity contribution in [1.82, 2.24) is 0 Å². The number of hydrogen-bond donors (Lipinski definition) is 2. The highest BCUT2D eigenvalue weighted by Crippen LogP contribution is 2.31. The van der Waals surface area contributed by atoms with Gasteiger partial charge in [-0.3, -0.25) is 0 Å². The number of hydrogen-bond acceptors (Lipinski definition) is 3. The highest BCUT2D eigenvalue weighted by atomic mass is 16.5. The molecule has 3 heteroatoms. The minimum absolute atomic E-state index is 0.201. The SMILES string of the molecule is C1=COC(C2Nc3ccccc3N2)CC1. The van der Waals surface area contributed by atoms with Crippen molar-refractivity contribution >= 4 is 11.4 Å². The molecule has 1 atom stereocenters. The number of benzene rings is 1. The van der Waals surface area contributed by atoms with Crippen LogP contribution in [0.3, 0.4) is 0 Å². The van der Waals surface area contributed by atoms with E-state index in [0.717, 1.165) is 12.8 Å². The Hall–Kier alpha value is -1.64. The Balaban J connectivity index is 1.75. The summed E-state index contributed by atoms with van der Waals surface area (Å²) in [5, 5.41) is 6.87. The molecule has 0 fully saturated rings. The third-order valence-electron chi connectivity index (χ3n) is 2.89. The minimum Gasteiger partial charge on any atom is -0.494 e. The number of rotatable bonds is 1. The average molecular weight is 202 g/mol. The van der Waals surface area contributed by atoms with E-state index in [1.165, 1.54) is 11.4 Å². The molecule has 1 aromatic rings. The molecule has 0 aliphatic carbocycles. The van der Waals surface area contributed by atoms with Crippen molar-refractivity contribution in [2.75, 3.05) is 10.6 Å². The standard InChI is InChI=1S/C12H14N2O/c1-2-6-10-9(5-1)13-12(14-10)11-7-3-4-8-15-11/h1-2,4-6,8,11-14H,3,7H2. The number of para-hydroxylation sites is 2. The van der Waals surface area contributed by atoms with E-state index < -0.39 is 0 Å². The van der Waals surface area contributed by atoms with Gasteiger partial charge in [0, 0.05) is 0 Å². The van der Waals surface area contributed by atoms with Gasteiger partial charge < -0.3 is 15.4 Å². The van der Waals surface area contributed by atoms with Crippen LogP contribution in [0.25, 0.3) is 0 Å². The summed E-state index contributed by atoms with van der Waals surface area (Å²) in [7, 11) is 0. The van der Waals surface area contributed by atoms with Gasteiger partial charge in [-0.1, -0.05) is 12.1 Å². The predicted octanol–water partition coefficient (Wildman–Crippen LogP) is 2.54. The molecule has 2 heterocycles. The van der Waals surface area contributed by atoms with Crippen molar-refractivity contribution in [1.29, 1.82) is 0 Å². The van der Waals surface area contributed by atoms with Crippen LogP contribution in [0.15, 0.2) is 36.6 Å². The van der Waals surface area contributed by atoms with Crippen LogP contribution >= 0.6 is 0 Å². The van der Waals surface area contributed by atoms with E-state index in [2.05, 4.69) is 28.8 Å². The molecule has 0 saturated carbocycles. The first kappa shape index (κ1) is 8.65. The zero-order valence-corrected chi connectivity index (χ0v) is 8.44. The van der Waals surface area contributed by atoms with Gasteiger partial charge in [0.25, 0.3) is 0 Å². The van der Waals surface area contributed by atoms with E-state index in [1.54, 1.807) is 6.26 Å². The van der Waals surface area contributed by atoms with Gasteiger partial charge in [-0.2, -0.15) is 0 Å². The van der Waals surface area contributed by atoms with Crippen molar-refractivity contribution in [3.63, 3.8) is 0 Å². The Morgan fingerprint density at radius 2 is 1.87 bits per heavy atom. The summed E-state index contributed by atoms with van der Waals surface area (Å²) in [5.41, 5.74) is 2.33. The Labute approximate surface area is 89.1 Å². The summed E-state index contributed by atoms with van der Waals surface area (Å²) in [6.07, 6.45) is 6.46. The van der Waals surface area contributed by atoms with Crippen LogP contribution in [0.1, 0.15) is 12.8 Å². The second-order valence-corrected chi connectivity index (χ2v) is 3.94. The first-order valence-electron chi connectivity index (χ1n) is 5.36. The van der Waals surface area contributed by atoms with Crippen LogP contribution in [0, 0.1) is 0 Å². The van der Waals surface area contributed by atoms with Crippen molar-refractivity contribution in [2.45, 2.75) is 25.1 Å². The fourth-order valence-corrected chi connectivity index (χ4v) is 2.09. The summed E-state index contributed by atoms with van der Waals surface area (Å²) in [5.74, 6) is 0. The topological polar surface area (TPSA) is 33.3 Å². The maximum atomic E-state index is 5.59. The molecule has 0 aromatic heterocycles. The molecule has 1 aromatic carbocycles. The van der Waals surface area contributed by atoms with Gasteiger partial charge in [-0.15, -0.1) is 0 Å². The summed E-state index contributed by atoms with van der Waals surface area (Å²) in [6.45, 7) is 0. The van der Waals surface area contributed by atoms with Gasteiger partial charge >= 0.3 is 0 Å². The monoisotopic (exact) mass is 202 g/mol. The van der Waals surface area contributed by atoms with Crippen LogP contribution in [-0.4, -0.2) is 12.3 Å². The number of fused-ring (bicyclic) bond motifs is 1. The Morgan fingerprint density at radius 3 is 2.47 bits per heavy atom. The van der Waals surface area contributed by atoms with Gasteiger partial charge in [-0.05, 0) is 31.1 Å². The lowest BCUT2D eigenvalue weighted by Gasteiger charge is -2.25. The van der Waals surface area contributed by atoms with E-state index in [9.17, 15) is 0 Å². The lowest BCUT2D eigenvalue weighted by molar-refractivity contribution is 0.114. The molecule has 3 rings (SSSR count). The number of nitrogens with one attached hydrogen (secondary N) is 2. The zero-order valence-electron chi connectivity index (χ0n) is 8.44. The fraction of sp³-hybridized carbons (Fsp3) is 0.333. The molecule has 1 unspecified atom stereocenters. The molecule has 0 spiro atoms. The van der Waals surface area contributed by atoms with Crippen LogP contribution in [0.5, 0.6) is 0 Å². The molecule has 0 bridgehead atoms. The van der Waals surface area contributed by atoms with Gasteiger partial charge in [0.2, 0.25) is 0 Å². The van der Waals surface area contributed by atoms with E-state index >= 15 is 0 Å². The van der Waals surface area contributed by atoms with E-state index in [1.807, 2.05) is 12.1 Å². The van der Waals surface area contributed by atoms with Crippen molar-refractivity contribution in [2.24, 2.45) is 0 Å². The van der Waals surface area contributed by atoms with Crippen molar-refractivity contribution < 1.29 is 4.74 Å². The average Bonchev–Trinajstić information content (AvgIpc) is 2.74. The molecule has 2 aliphatic heterocycles. The molecule has 0 radical (unpaired) electrons. The second kappa shape index (κ2) is 3.50. The molecule has 0 amide bonds. The number of ether oxygens (including phenoxy) is 1. The first-order valence-corrected chi connectivity index (χ1v) is 5.36. The third kappa shape index (κ3) is 1.54. The van der Waals surface area contributed by atoms with E-state index in [4.69, 9.17) is 4.74 Å². The minimum atomic E-state index is 0.201. The molecule has 0 saturated heterocycles. The second-order valence-electron chi connectivity index (χ2n) is 3.94. The van der Waals surface area contributed by atoms with E-state index in [0.29, 0.717) is 0 Å². The Kier molecular flexibility index (Phi) is 2.02. The largest absolute Gasteiger partial charge is 0.494 e. The normalized spacial score (nSPS) is 23.9. The van der Waals surface area contributed by atoms with Crippen LogP contribution < -0.4 is 10.6 Å². The smallest absolute Gasteiger partial charge is 0.136 e. The van der Waals surface area contributed by atoms with Gasteiger partial charge in [0.05, 0.1) is 17.6 Å². The van der Waals surface area contributed by atoms with Crippen LogP contribution in [-0.2, 0) is 4.74 Å². The zero-order chi connectivity index (χ0) is 10.1. The molecule has 3 nitrogen and oxygen atoms in total. The van der Waals surface area contributed by atoms with Gasteiger partial charge in [0.1, 0.15) is 12.3 Å². The fourth-order valence-electron chi connectivity index (χ4n) is 2.09. The lowest BCUT2D eigenvalue weighted by atomic mass is 10.1. The summed E-state index contributed by atoms with van der Waals surface area (Å²) in [4.78, 5) is 0. The highest BCUT2D eigenvalue weighted by molar-refractivity contribution is 5.74. The van der Waals surface area contributed by atoms with Crippen LogP contribution in [0.4, 0.5) is 11.4 Å². The van der Waals surface area contributed by atoms with Crippen LogP contribution in [0.2, 0.25) is 0 Å².